The Morgan fingerprint density at radius 1 is 1.19 bits per heavy atom. The van der Waals surface area contributed by atoms with Crippen LogP contribution in [0.3, 0.4) is 0 Å². The molecule has 26 heavy (non-hydrogen) atoms. The van der Waals surface area contributed by atoms with Gasteiger partial charge in [-0.25, -0.2) is 0 Å². The van der Waals surface area contributed by atoms with Crippen LogP contribution in [-0.2, 0) is 0 Å². The molecule has 2 fully saturated rings. The lowest BCUT2D eigenvalue weighted by Gasteiger charge is -2.37. The Kier molecular flexibility index (Phi) is 9.49. The number of guanidine groups is 1. The maximum absolute atomic E-state index is 4.94. The summed E-state index contributed by atoms with van der Waals surface area (Å²) in [6, 6.07) is 4.36. The summed E-state index contributed by atoms with van der Waals surface area (Å²) in [7, 11) is 2.23. The highest BCUT2D eigenvalue weighted by atomic mass is 127. The number of nitrogens with one attached hydrogen (secondary N) is 1. The van der Waals surface area contributed by atoms with Gasteiger partial charge in [0, 0.05) is 39.3 Å². The number of rotatable bonds is 5. The van der Waals surface area contributed by atoms with Crippen molar-refractivity contribution in [3.63, 3.8) is 0 Å². The van der Waals surface area contributed by atoms with Crippen molar-refractivity contribution in [1.29, 1.82) is 0 Å². The summed E-state index contributed by atoms with van der Waals surface area (Å²) in [5, 5.41) is 7.05. The van der Waals surface area contributed by atoms with Gasteiger partial charge in [0.05, 0.1) is 5.00 Å². The maximum Gasteiger partial charge on any atom is 0.194 e. The average Bonchev–Trinajstić information content (AvgIpc) is 3.17. The molecule has 3 rings (SSSR count). The van der Waals surface area contributed by atoms with Crippen molar-refractivity contribution in [1.82, 2.24) is 15.1 Å². The summed E-state index contributed by atoms with van der Waals surface area (Å²) < 4.78 is 0. The third kappa shape index (κ3) is 6.27. The van der Waals surface area contributed by atoms with Gasteiger partial charge in [-0.3, -0.25) is 4.99 Å². The Labute approximate surface area is 179 Å². The van der Waals surface area contributed by atoms with Crippen molar-refractivity contribution in [2.24, 2.45) is 10.9 Å². The van der Waals surface area contributed by atoms with Gasteiger partial charge < -0.3 is 20.0 Å². The summed E-state index contributed by atoms with van der Waals surface area (Å²) in [6.07, 6.45) is 3.90. The van der Waals surface area contributed by atoms with E-state index in [-0.39, 0.29) is 24.0 Å². The molecule has 0 atom stereocenters. The minimum atomic E-state index is 0. The first-order valence-electron chi connectivity index (χ1n) is 9.76. The molecule has 0 spiro atoms. The molecule has 0 radical (unpaired) electrons. The van der Waals surface area contributed by atoms with E-state index in [4.69, 9.17) is 4.99 Å². The van der Waals surface area contributed by atoms with Gasteiger partial charge in [-0.1, -0.05) is 0 Å². The van der Waals surface area contributed by atoms with E-state index in [9.17, 15) is 0 Å². The van der Waals surface area contributed by atoms with Crippen molar-refractivity contribution in [2.45, 2.75) is 26.2 Å². The third-order valence-electron chi connectivity index (χ3n) is 5.37. The van der Waals surface area contributed by atoms with Crippen LogP contribution >= 0.6 is 35.3 Å². The first-order valence-corrected chi connectivity index (χ1v) is 10.6. The van der Waals surface area contributed by atoms with Crippen LogP contribution in [0.5, 0.6) is 0 Å². The number of piperazine rings is 1. The van der Waals surface area contributed by atoms with E-state index in [0.717, 1.165) is 51.1 Å². The topological polar surface area (TPSA) is 34.1 Å². The second kappa shape index (κ2) is 11.3. The van der Waals surface area contributed by atoms with Gasteiger partial charge in [0.2, 0.25) is 0 Å². The second-order valence-corrected chi connectivity index (χ2v) is 8.12. The van der Waals surface area contributed by atoms with Crippen LogP contribution < -0.4 is 10.2 Å². The van der Waals surface area contributed by atoms with Gasteiger partial charge >= 0.3 is 0 Å². The quantitative estimate of drug-likeness (QED) is 0.390. The maximum atomic E-state index is 4.94. The van der Waals surface area contributed by atoms with Crippen LogP contribution in [0.1, 0.15) is 26.2 Å². The number of aliphatic imine (C=N–C) groups is 1. The van der Waals surface area contributed by atoms with Crippen LogP contribution in [0.25, 0.3) is 0 Å². The average molecular weight is 491 g/mol. The molecule has 0 saturated carbocycles. The van der Waals surface area contributed by atoms with Crippen LogP contribution in [-0.4, -0.2) is 75.2 Å². The van der Waals surface area contributed by atoms with Gasteiger partial charge in [0.25, 0.3) is 0 Å². The van der Waals surface area contributed by atoms with E-state index >= 15 is 0 Å². The van der Waals surface area contributed by atoms with Gasteiger partial charge in [-0.2, -0.15) is 0 Å². The largest absolute Gasteiger partial charge is 0.360 e. The molecule has 0 aromatic carbocycles. The normalized spacial score (nSPS) is 20.2. The van der Waals surface area contributed by atoms with Crippen LogP contribution in [0.15, 0.2) is 22.5 Å². The molecule has 5 nitrogen and oxygen atoms in total. The standard InChI is InChI=1S/C19H33N5S.HI/c1-3-20-19(21-9-6-17-7-10-22(2)11-8-17)24-14-12-23(13-15-24)18-5-4-16-25-18;/h4-5,16-17H,3,6-15H2,1-2H3,(H,20,21);1H. The minimum absolute atomic E-state index is 0. The first kappa shape index (κ1) is 21.8. The number of thiophene rings is 1. The zero-order valence-electron chi connectivity index (χ0n) is 16.2. The summed E-state index contributed by atoms with van der Waals surface area (Å²) in [5.41, 5.74) is 0. The number of hydrogen-bond acceptors (Lipinski definition) is 4. The highest BCUT2D eigenvalue weighted by Crippen LogP contribution is 2.22. The molecular weight excluding hydrogens is 457 g/mol. The van der Waals surface area contributed by atoms with Gasteiger partial charge in [-0.15, -0.1) is 35.3 Å². The number of likely N-dealkylation sites (tertiary alicyclic amines) is 1. The zero-order valence-corrected chi connectivity index (χ0v) is 19.3. The summed E-state index contributed by atoms with van der Waals surface area (Å²) >= 11 is 1.84. The number of halogens is 1. The van der Waals surface area contributed by atoms with Crippen LogP contribution in [0, 0.1) is 5.92 Å². The fourth-order valence-corrected chi connectivity index (χ4v) is 4.50. The fourth-order valence-electron chi connectivity index (χ4n) is 3.72. The Morgan fingerprint density at radius 3 is 2.54 bits per heavy atom. The molecule has 2 aliphatic heterocycles. The molecule has 148 valence electrons. The van der Waals surface area contributed by atoms with Gasteiger partial charge in [0.1, 0.15) is 0 Å². The molecule has 3 heterocycles. The van der Waals surface area contributed by atoms with E-state index in [2.05, 4.69) is 51.5 Å². The van der Waals surface area contributed by atoms with E-state index in [1.165, 1.54) is 37.4 Å². The monoisotopic (exact) mass is 491 g/mol. The zero-order chi connectivity index (χ0) is 17.5. The molecule has 2 saturated heterocycles. The minimum Gasteiger partial charge on any atom is -0.360 e. The lowest BCUT2D eigenvalue weighted by atomic mass is 9.94. The molecule has 0 bridgehead atoms. The Bertz CT molecular complexity index is 520. The SMILES string of the molecule is CCNC(=NCCC1CCN(C)CC1)N1CCN(c2cccs2)CC1.I. The summed E-state index contributed by atoms with van der Waals surface area (Å²) in [4.78, 5) is 12.3. The highest BCUT2D eigenvalue weighted by Gasteiger charge is 2.21. The number of anilines is 1. The van der Waals surface area contributed by atoms with E-state index in [0.29, 0.717) is 0 Å². The number of nitrogens with zero attached hydrogens (tertiary/aromatic N) is 4. The Hall–Kier alpha value is -0.540. The molecule has 1 aromatic heterocycles. The molecule has 7 heteroatoms. The van der Waals surface area contributed by atoms with Crippen molar-refractivity contribution < 1.29 is 0 Å². The van der Waals surface area contributed by atoms with E-state index < -0.39 is 0 Å². The lowest BCUT2D eigenvalue weighted by molar-refractivity contribution is 0.214. The van der Waals surface area contributed by atoms with Gasteiger partial charge in [0.15, 0.2) is 5.96 Å². The predicted molar refractivity (Wildman–Crippen MR) is 124 cm³/mol. The van der Waals surface area contributed by atoms with Crippen molar-refractivity contribution in [3.05, 3.63) is 17.5 Å². The van der Waals surface area contributed by atoms with E-state index in [1.54, 1.807) is 0 Å². The molecule has 1 N–H and O–H groups in total. The molecular formula is C19H34IN5S. The van der Waals surface area contributed by atoms with E-state index in [1.807, 2.05) is 11.3 Å². The second-order valence-electron chi connectivity index (χ2n) is 7.20. The smallest absolute Gasteiger partial charge is 0.194 e. The van der Waals surface area contributed by atoms with Crippen LogP contribution in [0.2, 0.25) is 0 Å². The third-order valence-corrected chi connectivity index (χ3v) is 6.30. The summed E-state index contributed by atoms with van der Waals surface area (Å²) in [5.74, 6) is 1.97. The lowest BCUT2D eigenvalue weighted by Crippen LogP contribution is -2.52. The molecule has 0 unspecified atom stereocenters. The molecule has 0 amide bonds. The van der Waals surface area contributed by atoms with Crippen molar-refractivity contribution in [3.8, 4) is 0 Å². The molecule has 2 aliphatic rings. The Balaban J connectivity index is 0.00000243. The number of piperidine rings is 1. The molecule has 1 aromatic rings. The first-order chi connectivity index (χ1) is 12.3. The van der Waals surface area contributed by atoms with Crippen molar-refractivity contribution >= 4 is 46.3 Å². The Morgan fingerprint density at radius 2 is 1.92 bits per heavy atom. The van der Waals surface area contributed by atoms with Gasteiger partial charge in [-0.05, 0) is 69.8 Å². The number of hydrogen-bond donors (Lipinski definition) is 1. The molecule has 0 aliphatic carbocycles. The van der Waals surface area contributed by atoms with Crippen LogP contribution in [0.4, 0.5) is 5.00 Å². The fraction of sp³-hybridized carbons (Fsp3) is 0.737. The summed E-state index contributed by atoms with van der Waals surface area (Å²) in [6.45, 7) is 10.8. The van der Waals surface area contributed by atoms with Crippen molar-refractivity contribution in [2.75, 3.05) is 64.3 Å². The highest BCUT2D eigenvalue weighted by molar-refractivity contribution is 14.0. The predicted octanol–water partition coefficient (Wildman–Crippen LogP) is 3.19.